The fraction of sp³-hybridized carbons (Fsp3) is 0.381. The Hall–Kier alpha value is -1.90. The summed E-state index contributed by atoms with van der Waals surface area (Å²) in [6, 6.07) is 11.8. The van der Waals surface area contributed by atoms with Crippen LogP contribution in [0.4, 0.5) is 4.39 Å². The second kappa shape index (κ2) is 10.8. The Bertz CT molecular complexity index is 897. The van der Waals surface area contributed by atoms with Gasteiger partial charge in [-0.05, 0) is 61.2 Å². The van der Waals surface area contributed by atoms with Crippen LogP contribution in [0.25, 0.3) is 0 Å². The van der Waals surface area contributed by atoms with Crippen LogP contribution < -0.4 is 4.72 Å². The number of hydrogen-bond acceptors (Lipinski definition) is 5. The van der Waals surface area contributed by atoms with Crippen LogP contribution in [0.15, 0.2) is 58.3 Å². The molecule has 2 aromatic rings. The molecule has 1 N–H and O–H groups in total. The summed E-state index contributed by atoms with van der Waals surface area (Å²) in [5.74, 6) is -0.108. The van der Waals surface area contributed by atoms with E-state index in [1.165, 1.54) is 36.0 Å². The summed E-state index contributed by atoms with van der Waals surface area (Å²) in [6.07, 6.45) is 0.352. The van der Waals surface area contributed by atoms with E-state index in [1.807, 2.05) is 13.8 Å². The third-order valence-electron chi connectivity index (χ3n) is 4.03. The third kappa shape index (κ3) is 7.45. The van der Waals surface area contributed by atoms with Crippen molar-refractivity contribution in [2.75, 3.05) is 6.61 Å². The van der Waals surface area contributed by atoms with E-state index >= 15 is 0 Å². The van der Waals surface area contributed by atoms with E-state index in [2.05, 4.69) is 4.72 Å². The van der Waals surface area contributed by atoms with E-state index in [-0.39, 0.29) is 23.2 Å². The number of halogens is 1. The molecule has 8 heteroatoms. The van der Waals surface area contributed by atoms with Gasteiger partial charge in [0.1, 0.15) is 11.9 Å². The predicted molar refractivity (Wildman–Crippen MR) is 113 cm³/mol. The molecule has 0 saturated heterocycles. The smallest absolute Gasteiger partial charge is 0.324 e. The zero-order valence-corrected chi connectivity index (χ0v) is 18.4. The van der Waals surface area contributed by atoms with Crippen molar-refractivity contribution >= 4 is 27.8 Å². The Morgan fingerprint density at radius 2 is 1.72 bits per heavy atom. The van der Waals surface area contributed by atoms with E-state index in [0.29, 0.717) is 12.2 Å². The number of sulfonamides is 1. The molecule has 158 valence electrons. The van der Waals surface area contributed by atoms with E-state index in [4.69, 9.17) is 4.74 Å². The topological polar surface area (TPSA) is 72.5 Å². The molecule has 0 fully saturated rings. The fourth-order valence-corrected chi connectivity index (χ4v) is 4.68. The molecule has 29 heavy (non-hydrogen) atoms. The molecule has 0 radical (unpaired) electrons. The molecule has 0 aliphatic rings. The predicted octanol–water partition coefficient (Wildman–Crippen LogP) is 4.37. The molecule has 0 aromatic heterocycles. The summed E-state index contributed by atoms with van der Waals surface area (Å²) in [6.45, 7) is 5.69. The van der Waals surface area contributed by atoms with Crippen LogP contribution in [0.2, 0.25) is 0 Å². The molecular weight excluding hydrogens is 413 g/mol. The van der Waals surface area contributed by atoms with Gasteiger partial charge in [0, 0.05) is 10.6 Å². The molecule has 0 saturated carbocycles. The first-order valence-corrected chi connectivity index (χ1v) is 11.8. The van der Waals surface area contributed by atoms with Gasteiger partial charge >= 0.3 is 5.97 Å². The van der Waals surface area contributed by atoms with Gasteiger partial charge in [-0.2, -0.15) is 4.72 Å². The van der Waals surface area contributed by atoms with Gasteiger partial charge < -0.3 is 4.74 Å². The first-order chi connectivity index (χ1) is 13.7. The molecule has 2 aromatic carbocycles. The first-order valence-electron chi connectivity index (χ1n) is 9.37. The molecule has 1 unspecified atom stereocenters. The van der Waals surface area contributed by atoms with Crippen LogP contribution in [0.1, 0.15) is 32.8 Å². The number of rotatable bonds is 10. The minimum absolute atomic E-state index is 0.0890. The zero-order chi connectivity index (χ0) is 21.4. The normalized spacial score (nSPS) is 12.7. The molecule has 0 heterocycles. The number of carbonyl (C=O) groups is 1. The highest BCUT2D eigenvalue weighted by atomic mass is 32.2. The number of esters is 1. The lowest BCUT2D eigenvalue weighted by Crippen LogP contribution is -2.42. The number of carbonyl (C=O) groups excluding carboxylic acids is 1. The summed E-state index contributed by atoms with van der Waals surface area (Å²) < 4.78 is 45.8. The SMILES string of the molecule is CCOC(=O)C(CC(C)C)NS(=O)(=O)c1ccc(CSc2ccc(F)cc2)cc1. The quantitative estimate of drug-likeness (QED) is 0.440. The standard InChI is InChI=1S/C21H26FNO4S2/c1-4-27-21(24)20(13-15(2)3)23-29(25,26)19-11-5-16(6-12-19)14-28-18-9-7-17(22)8-10-18/h5-12,15,20,23H,4,13-14H2,1-3H3. The molecule has 0 spiro atoms. The fourth-order valence-electron chi connectivity index (χ4n) is 2.62. The first kappa shape index (κ1) is 23.4. The van der Waals surface area contributed by atoms with Gasteiger partial charge in [-0.3, -0.25) is 4.79 Å². The molecule has 2 rings (SSSR count). The number of nitrogens with one attached hydrogen (secondary N) is 1. The molecule has 0 aliphatic heterocycles. The van der Waals surface area contributed by atoms with Gasteiger partial charge in [0.25, 0.3) is 0 Å². The highest BCUT2D eigenvalue weighted by molar-refractivity contribution is 7.98. The second-order valence-corrected chi connectivity index (χ2v) is 9.70. The van der Waals surface area contributed by atoms with Crippen LogP contribution in [0.3, 0.4) is 0 Å². The highest BCUT2D eigenvalue weighted by Crippen LogP contribution is 2.24. The molecular formula is C21H26FNO4S2. The van der Waals surface area contributed by atoms with Crippen LogP contribution in [-0.2, 0) is 25.3 Å². The maximum atomic E-state index is 13.0. The molecule has 0 aliphatic carbocycles. The largest absolute Gasteiger partial charge is 0.465 e. The Morgan fingerprint density at radius 1 is 1.10 bits per heavy atom. The lowest BCUT2D eigenvalue weighted by atomic mass is 10.1. The summed E-state index contributed by atoms with van der Waals surface area (Å²) >= 11 is 1.53. The number of ether oxygens (including phenoxy) is 1. The number of hydrogen-bond donors (Lipinski definition) is 1. The van der Waals surface area contributed by atoms with Gasteiger partial charge in [0.2, 0.25) is 10.0 Å². The van der Waals surface area contributed by atoms with Crippen LogP contribution in [-0.4, -0.2) is 27.0 Å². The third-order valence-corrected chi connectivity index (χ3v) is 6.60. The Balaban J connectivity index is 2.05. The van der Waals surface area contributed by atoms with Gasteiger partial charge in [-0.15, -0.1) is 11.8 Å². The Labute approximate surface area is 176 Å². The average Bonchev–Trinajstić information content (AvgIpc) is 2.67. The van der Waals surface area contributed by atoms with Gasteiger partial charge in [-0.25, -0.2) is 12.8 Å². The van der Waals surface area contributed by atoms with Crippen molar-refractivity contribution in [3.8, 4) is 0 Å². The monoisotopic (exact) mass is 439 g/mol. The van der Waals surface area contributed by atoms with Crippen molar-refractivity contribution in [3.05, 3.63) is 59.9 Å². The molecule has 0 bridgehead atoms. The van der Waals surface area contributed by atoms with E-state index in [9.17, 15) is 17.6 Å². The van der Waals surface area contributed by atoms with E-state index in [0.717, 1.165) is 10.5 Å². The van der Waals surface area contributed by atoms with Crippen molar-refractivity contribution in [2.24, 2.45) is 5.92 Å². The van der Waals surface area contributed by atoms with Crippen molar-refractivity contribution in [1.82, 2.24) is 4.72 Å². The van der Waals surface area contributed by atoms with Gasteiger partial charge in [0.05, 0.1) is 11.5 Å². The van der Waals surface area contributed by atoms with Crippen LogP contribution in [0.5, 0.6) is 0 Å². The van der Waals surface area contributed by atoms with Crippen molar-refractivity contribution in [3.63, 3.8) is 0 Å². The van der Waals surface area contributed by atoms with Crippen molar-refractivity contribution in [2.45, 2.75) is 48.8 Å². The lowest BCUT2D eigenvalue weighted by Gasteiger charge is -2.19. The summed E-state index contributed by atoms with van der Waals surface area (Å²) in [5, 5.41) is 0. The van der Waals surface area contributed by atoms with Crippen molar-refractivity contribution in [1.29, 1.82) is 0 Å². The Kier molecular flexibility index (Phi) is 8.67. The molecule has 1 atom stereocenters. The Morgan fingerprint density at radius 3 is 2.28 bits per heavy atom. The number of benzene rings is 2. The summed E-state index contributed by atoms with van der Waals surface area (Å²) in [5.41, 5.74) is 0.933. The highest BCUT2D eigenvalue weighted by Gasteiger charge is 2.27. The second-order valence-electron chi connectivity index (χ2n) is 6.94. The zero-order valence-electron chi connectivity index (χ0n) is 16.7. The minimum Gasteiger partial charge on any atom is -0.465 e. The summed E-state index contributed by atoms with van der Waals surface area (Å²) in [4.78, 5) is 13.1. The van der Waals surface area contributed by atoms with E-state index in [1.54, 1.807) is 31.2 Å². The molecule has 5 nitrogen and oxygen atoms in total. The maximum Gasteiger partial charge on any atom is 0.324 e. The summed E-state index contributed by atoms with van der Waals surface area (Å²) in [7, 11) is -3.86. The van der Waals surface area contributed by atoms with Crippen LogP contribution in [0, 0.1) is 11.7 Å². The van der Waals surface area contributed by atoms with Crippen LogP contribution >= 0.6 is 11.8 Å². The molecule has 0 amide bonds. The van der Waals surface area contributed by atoms with Gasteiger partial charge in [0.15, 0.2) is 0 Å². The van der Waals surface area contributed by atoms with E-state index < -0.39 is 22.0 Å². The lowest BCUT2D eigenvalue weighted by molar-refractivity contribution is -0.145. The number of thioether (sulfide) groups is 1. The maximum absolute atomic E-state index is 13.0. The average molecular weight is 440 g/mol. The minimum atomic E-state index is -3.86. The van der Waals surface area contributed by atoms with Crippen molar-refractivity contribution < 1.29 is 22.3 Å². The van der Waals surface area contributed by atoms with Gasteiger partial charge in [-0.1, -0.05) is 26.0 Å².